The van der Waals surface area contributed by atoms with Gasteiger partial charge in [-0.3, -0.25) is 4.79 Å². The smallest absolute Gasteiger partial charge is 0.410 e. The van der Waals surface area contributed by atoms with Crippen LogP contribution in [0.25, 0.3) is 0 Å². The van der Waals surface area contributed by atoms with Gasteiger partial charge < -0.3 is 43.6 Å². The summed E-state index contributed by atoms with van der Waals surface area (Å²) in [6.07, 6.45) is 8.86. The molecular weight excluding hydrogens is 716 g/mol. The minimum Gasteiger partial charge on any atom is -0.496 e. The number of carbonyl (C=O) groups is 2. The third-order valence-corrected chi connectivity index (χ3v) is 10.7. The van der Waals surface area contributed by atoms with Crippen LogP contribution in [0.1, 0.15) is 73.7 Å². The number of rotatable bonds is 20. The molecule has 6 atom stereocenters. The number of aliphatic hydroxyl groups is 2. The second kappa shape index (κ2) is 19.5. The van der Waals surface area contributed by atoms with Gasteiger partial charge >= 0.3 is 6.09 Å². The van der Waals surface area contributed by atoms with Gasteiger partial charge in [-0.25, -0.2) is 4.79 Å². The SMILES string of the molecule is C=CCO[C@@]12Oc3ccc(Oc4ccc(OC)c(C=O)c4)cc3[C@H]3[C@H](CCCCO)[C@@H](CCCCO)C=C(C(=NOCC)C[C@@H]1N(C)C(=O)OCCCl)[C@H]32. The molecule has 294 valence electrons. The molecule has 0 saturated heterocycles. The average Bonchev–Trinajstić information content (AvgIpc) is 3.19. The first-order valence-electron chi connectivity index (χ1n) is 18.8. The minimum absolute atomic E-state index is 0.0342. The van der Waals surface area contributed by atoms with Crippen molar-refractivity contribution in [2.75, 3.05) is 53.1 Å². The van der Waals surface area contributed by atoms with E-state index in [0.717, 1.165) is 43.1 Å². The standard InChI is InChI=1S/C41H53ClN2O10/c1-5-20-51-41-37(44(3)40(48)50-21-17-42)25-34(43-52-6-2)32-23-27(11-7-9-18-45)31(12-8-10-19-46)38(39(32)41)33-24-30(14-16-36(33)54-41)53-29-13-15-35(49-4)28(22-29)26-47/h5,13-16,22-24,26-27,31,37-39,45-46H,1,6-12,17-21,25H2,2-4H3/t27-,31+,37-,38+,39+,41+/m0/s1. The molecular formula is C41H53ClN2O10. The van der Waals surface area contributed by atoms with Crippen molar-refractivity contribution in [1.29, 1.82) is 0 Å². The molecule has 1 heterocycles. The molecule has 54 heavy (non-hydrogen) atoms. The number of aldehydes is 1. The molecule has 0 bridgehead atoms. The fraction of sp³-hybridized carbons (Fsp3) is 0.537. The van der Waals surface area contributed by atoms with Crippen LogP contribution in [-0.2, 0) is 14.3 Å². The molecule has 2 N–H and O–H groups in total. The number of hydrogen-bond acceptors (Lipinski definition) is 11. The topological polar surface area (TPSA) is 146 Å². The van der Waals surface area contributed by atoms with Gasteiger partial charge in [0, 0.05) is 38.2 Å². The lowest BCUT2D eigenvalue weighted by Crippen LogP contribution is -2.69. The van der Waals surface area contributed by atoms with Crippen molar-refractivity contribution in [2.45, 2.75) is 69.6 Å². The van der Waals surface area contributed by atoms with Crippen LogP contribution in [0.5, 0.6) is 23.0 Å². The summed E-state index contributed by atoms with van der Waals surface area (Å²) in [4.78, 5) is 32.6. The fourth-order valence-electron chi connectivity index (χ4n) is 8.29. The molecule has 3 aliphatic rings. The van der Waals surface area contributed by atoms with E-state index in [4.69, 9.17) is 40.1 Å². The second-order valence-electron chi connectivity index (χ2n) is 13.7. The van der Waals surface area contributed by atoms with Crippen LogP contribution in [0.4, 0.5) is 4.79 Å². The molecule has 0 spiro atoms. The van der Waals surface area contributed by atoms with Crippen molar-refractivity contribution >= 4 is 29.7 Å². The maximum Gasteiger partial charge on any atom is 0.410 e. The number of likely N-dealkylation sites (N-methyl/N-ethyl adjacent to an activating group) is 1. The predicted molar refractivity (Wildman–Crippen MR) is 205 cm³/mol. The van der Waals surface area contributed by atoms with Gasteiger partial charge in [0.1, 0.15) is 42.3 Å². The number of methoxy groups -OCH3 is 1. The molecule has 5 rings (SSSR count). The summed E-state index contributed by atoms with van der Waals surface area (Å²) in [6, 6.07) is 10.0. The number of benzene rings is 2. The van der Waals surface area contributed by atoms with Crippen LogP contribution in [-0.4, -0.2) is 98.1 Å². The number of hydrogen-bond donors (Lipinski definition) is 2. The molecule has 0 unspecified atom stereocenters. The minimum atomic E-state index is -1.40. The second-order valence-corrected chi connectivity index (χ2v) is 14.1. The van der Waals surface area contributed by atoms with Gasteiger partial charge in [-0.15, -0.1) is 18.2 Å². The Hall–Kier alpha value is -4.10. The summed E-state index contributed by atoms with van der Waals surface area (Å²) in [6.45, 7) is 6.51. The van der Waals surface area contributed by atoms with Crippen molar-refractivity contribution in [3.05, 3.63) is 71.8 Å². The summed E-state index contributed by atoms with van der Waals surface area (Å²) in [5, 5.41) is 24.2. The van der Waals surface area contributed by atoms with Crippen molar-refractivity contribution in [1.82, 2.24) is 4.90 Å². The molecule has 2 aromatic carbocycles. The Morgan fingerprint density at radius 1 is 1.11 bits per heavy atom. The molecule has 12 nitrogen and oxygen atoms in total. The van der Waals surface area contributed by atoms with Gasteiger partial charge in [0.05, 0.1) is 36.8 Å². The Morgan fingerprint density at radius 2 is 1.85 bits per heavy atom. The van der Waals surface area contributed by atoms with Gasteiger partial charge in [0.2, 0.25) is 5.79 Å². The number of aliphatic hydroxyl groups excluding tert-OH is 2. The zero-order valence-corrected chi connectivity index (χ0v) is 32.2. The first-order chi connectivity index (χ1) is 26.3. The van der Waals surface area contributed by atoms with Crippen molar-refractivity contribution < 1.29 is 48.3 Å². The molecule has 13 heteroatoms. The van der Waals surface area contributed by atoms with Crippen molar-refractivity contribution in [3.63, 3.8) is 0 Å². The summed E-state index contributed by atoms with van der Waals surface area (Å²) in [5.41, 5.74) is 2.87. The number of carbonyl (C=O) groups excluding carboxylic acids is 2. The number of unbranched alkanes of at least 4 members (excludes halogenated alkanes) is 2. The maximum absolute atomic E-state index is 13.6. The molecule has 0 radical (unpaired) electrons. The first kappa shape index (κ1) is 41.1. The Bertz CT molecular complexity index is 1670. The third-order valence-electron chi connectivity index (χ3n) is 10.6. The van der Waals surface area contributed by atoms with Crippen LogP contribution >= 0.6 is 11.6 Å². The van der Waals surface area contributed by atoms with E-state index in [1.165, 1.54) is 12.0 Å². The first-order valence-corrected chi connectivity index (χ1v) is 19.3. The number of nitrogens with zero attached hydrogens (tertiary/aromatic N) is 2. The van der Waals surface area contributed by atoms with Crippen molar-refractivity contribution in [3.8, 4) is 23.0 Å². The number of oxime groups is 1. The maximum atomic E-state index is 13.6. The molecule has 1 aliphatic heterocycles. The average molecular weight is 769 g/mol. The molecule has 1 fully saturated rings. The lowest BCUT2D eigenvalue weighted by molar-refractivity contribution is -0.253. The normalized spacial score (nSPS) is 24.7. The Morgan fingerprint density at radius 3 is 2.54 bits per heavy atom. The van der Waals surface area contributed by atoms with E-state index in [1.54, 1.807) is 31.3 Å². The van der Waals surface area contributed by atoms with Gasteiger partial charge in [0.15, 0.2) is 6.29 Å². The van der Waals surface area contributed by atoms with Crippen molar-refractivity contribution in [2.24, 2.45) is 22.9 Å². The van der Waals surface area contributed by atoms with Gasteiger partial charge in [-0.05, 0) is 86.4 Å². The molecule has 1 saturated carbocycles. The van der Waals surface area contributed by atoms with Crippen LogP contribution in [0.15, 0.2) is 65.9 Å². The number of fused-ring (bicyclic) bond motifs is 2. The quantitative estimate of drug-likeness (QED) is 0.0464. The van der Waals surface area contributed by atoms with E-state index in [0.29, 0.717) is 53.7 Å². The van der Waals surface area contributed by atoms with Gasteiger partial charge in [-0.1, -0.05) is 30.1 Å². The van der Waals surface area contributed by atoms with Crippen LogP contribution in [0.2, 0.25) is 0 Å². The van der Waals surface area contributed by atoms with E-state index in [9.17, 15) is 19.8 Å². The molecule has 2 aliphatic carbocycles. The zero-order valence-electron chi connectivity index (χ0n) is 31.4. The van der Waals surface area contributed by atoms with Gasteiger partial charge in [0.25, 0.3) is 0 Å². The molecule has 0 aromatic heterocycles. The Balaban J connectivity index is 1.73. The van der Waals surface area contributed by atoms with Crippen LogP contribution < -0.4 is 14.2 Å². The van der Waals surface area contributed by atoms with Crippen LogP contribution in [0.3, 0.4) is 0 Å². The summed E-state index contributed by atoms with van der Waals surface area (Å²) in [7, 11) is 3.17. The van der Waals surface area contributed by atoms with E-state index >= 15 is 0 Å². The lowest BCUT2D eigenvalue weighted by Gasteiger charge is -2.59. The third kappa shape index (κ3) is 8.72. The Kier molecular flexibility index (Phi) is 14.8. The highest BCUT2D eigenvalue weighted by Gasteiger charge is 2.65. The van der Waals surface area contributed by atoms with E-state index < -0.39 is 23.8 Å². The molecule has 2 aromatic rings. The summed E-state index contributed by atoms with van der Waals surface area (Å²) < 4.78 is 31.2. The van der Waals surface area contributed by atoms with E-state index in [1.807, 2.05) is 25.1 Å². The largest absolute Gasteiger partial charge is 0.496 e. The predicted octanol–water partition coefficient (Wildman–Crippen LogP) is 7.26. The number of amides is 1. The number of alkyl halides is 1. The summed E-state index contributed by atoms with van der Waals surface area (Å²) in [5.74, 6) is 0.174. The Labute approximate surface area is 322 Å². The fourth-order valence-corrected chi connectivity index (χ4v) is 8.37. The summed E-state index contributed by atoms with van der Waals surface area (Å²) >= 11 is 5.90. The zero-order chi connectivity index (χ0) is 38.7. The van der Waals surface area contributed by atoms with Crippen LogP contribution in [0, 0.1) is 17.8 Å². The number of allylic oxidation sites excluding steroid dienone is 1. The number of ether oxygens (including phenoxy) is 5. The van der Waals surface area contributed by atoms with E-state index in [-0.39, 0.29) is 56.5 Å². The highest BCUT2D eigenvalue weighted by atomic mass is 35.5. The monoisotopic (exact) mass is 768 g/mol. The highest BCUT2D eigenvalue weighted by molar-refractivity contribution is 6.18. The van der Waals surface area contributed by atoms with E-state index in [2.05, 4.69) is 17.8 Å². The number of halogens is 1. The highest BCUT2D eigenvalue weighted by Crippen LogP contribution is 2.62. The lowest BCUT2D eigenvalue weighted by atomic mass is 9.55. The van der Waals surface area contributed by atoms with Gasteiger partial charge in [-0.2, -0.15) is 0 Å². The molecule has 1 amide bonds.